The van der Waals surface area contributed by atoms with E-state index >= 15 is 0 Å². The van der Waals surface area contributed by atoms with Gasteiger partial charge in [0.1, 0.15) is 0 Å². The van der Waals surface area contributed by atoms with Crippen molar-refractivity contribution in [2.24, 2.45) is 0 Å². The first-order valence-electron chi connectivity index (χ1n) is 7.26. The Morgan fingerprint density at radius 1 is 1.28 bits per heavy atom. The number of hydrogen-bond donors (Lipinski definition) is 1. The van der Waals surface area contributed by atoms with E-state index in [0.29, 0.717) is 0 Å². The van der Waals surface area contributed by atoms with Gasteiger partial charge < -0.3 is 10.1 Å². The molecule has 25 heavy (non-hydrogen) atoms. The van der Waals surface area contributed by atoms with Gasteiger partial charge in [0.2, 0.25) is 0 Å². The van der Waals surface area contributed by atoms with Gasteiger partial charge in [0.05, 0.1) is 45.2 Å². The summed E-state index contributed by atoms with van der Waals surface area (Å²) in [4.78, 5) is 11.1. The molecule has 1 aliphatic heterocycles. The maximum absolute atomic E-state index is 12.9. The molecule has 0 radical (unpaired) electrons. The van der Waals surface area contributed by atoms with Crippen LogP contribution in [-0.2, 0) is 29.2 Å². The van der Waals surface area contributed by atoms with Crippen molar-refractivity contribution in [3.63, 3.8) is 0 Å². The Kier molecular flexibility index (Phi) is 6.37. The van der Waals surface area contributed by atoms with Crippen molar-refractivity contribution in [1.29, 1.82) is 0 Å². The zero-order chi connectivity index (χ0) is 18.8. The molecule has 0 saturated carbocycles. The standard InChI is InChI=1S/C14H17Cl2NO6S2/c1-23-14(18)4-5-17-12-7-24(19,20)8-13(12)25(21,22)9-2-3-10(15)11(16)6-9/h2-3,6,12-13,17H,4-5,7-8H2,1H3/t12-,13-/m0/s1. The molecular weight excluding hydrogens is 413 g/mol. The summed E-state index contributed by atoms with van der Waals surface area (Å²) in [5.74, 6) is -1.29. The second kappa shape index (κ2) is 7.79. The number of hydrogen-bond acceptors (Lipinski definition) is 7. The molecule has 1 heterocycles. The Bertz CT molecular complexity index is 869. The van der Waals surface area contributed by atoms with Crippen LogP contribution in [-0.4, -0.2) is 59.3 Å². The van der Waals surface area contributed by atoms with E-state index in [4.69, 9.17) is 23.2 Å². The van der Waals surface area contributed by atoms with Crippen molar-refractivity contribution in [1.82, 2.24) is 5.32 Å². The van der Waals surface area contributed by atoms with E-state index in [-0.39, 0.29) is 33.7 Å². The van der Waals surface area contributed by atoms with Gasteiger partial charge in [-0.2, -0.15) is 0 Å². The molecule has 2 atom stereocenters. The lowest BCUT2D eigenvalue weighted by molar-refractivity contribution is -0.140. The fourth-order valence-corrected chi connectivity index (χ4v) is 7.71. The largest absolute Gasteiger partial charge is 0.469 e. The number of benzene rings is 1. The van der Waals surface area contributed by atoms with Crippen molar-refractivity contribution >= 4 is 48.8 Å². The fraction of sp³-hybridized carbons (Fsp3) is 0.500. The number of carbonyl (C=O) groups excluding carboxylic acids is 1. The van der Waals surface area contributed by atoms with Crippen LogP contribution in [0, 0.1) is 0 Å². The summed E-state index contributed by atoms with van der Waals surface area (Å²) < 4.78 is 54.1. The van der Waals surface area contributed by atoms with Gasteiger partial charge in [0.25, 0.3) is 0 Å². The van der Waals surface area contributed by atoms with Crippen LogP contribution < -0.4 is 5.32 Å². The predicted octanol–water partition coefficient (Wildman–Crippen LogP) is 1.09. The highest BCUT2D eigenvalue weighted by atomic mass is 35.5. The number of sulfone groups is 2. The van der Waals surface area contributed by atoms with Crippen LogP contribution in [0.4, 0.5) is 0 Å². The first kappa shape index (κ1) is 20.4. The van der Waals surface area contributed by atoms with Gasteiger partial charge in [-0.3, -0.25) is 4.79 Å². The third kappa shape index (κ3) is 4.85. The fourth-order valence-electron chi connectivity index (χ4n) is 2.60. The van der Waals surface area contributed by atoms with Gasteiger partial charge in [-0.25, -0.2) is 16.8 Å². The minimum Gasteiger partial charge on any atom is -0.469 e. The molecule has 7 nitrogen and oxygen atoms in total. The molecule has 0 aliphatic carbocycles. The van der Waals surface area contributed by atoms with E-state index in [2.05, 4.69) is 10.1 Å². The lowest BCUT2D eigenvalue weighted by Gasteiger charge is -2.20. The summed E-state index contributed by atoms with van der Waals surface area (Å²) in [6, 6.07) is 3.02. The second-order valence-electron chi connectivity index (χ2n) is 5.62. The third-order valence-electron chi connectivity index (χ3n) is 3.88. The first-order valence-corrected chi connectivity index (χ1v) is 11.4. The Hall–Kier alpha value is -0.870. The van der Waals surface area contributed by atoms with Crippen molar-refractivity contribution < 1.29 is 26.4 Å². The highest BCUT2D eigenvalue weighted by Gasteiger charge is 2.45. The van der Waals surface area contributed by atoms with Crippen LogP contribution >= 0.6 is 23.2 Å². The average molecular weight is 430 g/mol. The van der Waals surface area contributed by atoms with Crippen LogP contribution in [0.3, 0.4) is 0 Å². The molecule has 1 aromatic rings. The Balaban J connectivity index is 2.26. The quantitative estimate of drug-likeness (QED) is 0.674. The number of methoxy groups -OCH3 is 1. The number of carbonyl (C=O) groups is 1. The number of rotatable bonds is 6. The molecule has 1 aromatic carbocycles. The number of ether oxygens (including phenoxy) is 1. The van der Waals surface area contributed by atoms with Crippen LogP contribution in [0.5, 0.6) is 0 Å². The van der Waals surface area contributed by atoms with Gasteiger partial charge in [0.15, 0.2) is 19.7 Å². The monoisotopic (exact) mass is 429 g/mol. The van der Waals surface area contributed by atoms with Crippen molar-refractivity contribution in [3.05, 3.63) is 28.2 Å². The summed E-state index contributed by atoms with van der Waals surface area (Å²) in [5.41, 5.74) is 0. The molecule has 0 bridgehead atoms. The number of esters is 1. The smallest absolute Gasteiger partial charge is 0.306 e. The van der Waals surface area contributed by atoms with Crippen LogP contribution in [0.2, 0.25) is 10.0 Å². The zero-order valence-corrected chi connectivity index (χ0v) is 16.4. The van der Waals surface area contributed by atoms with Gasteiger partial charge >= 0.3 is 5.97 Å². The van der Waals surface area contributed by atoms with Crippen LogP contribution in [0.25, 0.3) is 0 Å². The van der Waals surface area contributed by atoms with Crippen LogP contribution in [0.15, 0.2) is 23.1 Å². The molecule has 1 N–H and O–H groups in total. The second-order valence-corrected chi connectivity index (χ2v) is 10.8. The molecule has 2 rings (SSSR count). The van der Waals surface area contributed by atoms with Gasteiger partial charge in [-0.05, 0) is 18.2 Å². The van der Waals surface area contributed by atoms with Gasteiger partial charge in [-0.15, -0.1) is 0 Å². The number of nitrogens with one attached hydrogen (secondary N) is 1. The highest BCUT2D eigenvalue weighted by molar-refractivity contribution is 7.96. The summed E-state index contributed by atoms with van der Waals surface area (Å²) in [5, 5.41) is 1.93. The minimum absolute atomic E-state index is 0.00654. The van der Waals surface area contributed by atoms with E-state index < -0.39 is 42.7 Å². The summed E-state index contributed by atoms with van der Waals surface area (Å²) in [7, 11) is -6.25. The highest BCUT2D eigenvalue weighted by Crippen LogP contribution is 2.30. The predicted molar refractivity (Wildman–Crippen MR) is 94.5 cm³/mol. The average Bonchev–Trinajstić information content (AvgIpc) is 2.85. The van der Waals surface area contributed by atoms with E-state index in [9.17, 15) is 21.6 Å². The van der Waals surface area contributed by atoms with E-state index in [1.807, 2.05) is 0 Å². The molecule has 1 saturated heterocycles. The molecule has 0 spiro atoms. The molecule has 140 valence electrons. The normalized spacial score (nSPS) is 22.7. The molecular formula is C14H17Cl2NO6S2. The van der Waals surface area contributed by atoms with E-state index in [0.717, 1.165) is 0 Å². The first-order chi connectivity index (χ1) is 11.6. The van der Waals surface area contributed by atoms with Crippen molar-refractivity contribution in [3.8, 4) is 0 Å². The van der Waals surface area contributed by atoms with Crippen LogP contribution in [0.1, 0.15) is 6.42 Å². The molecule has 0 unspecified atom stereocenters. The maximum Gasteiger partial charge on any atom is 0.306 e. The van der Waals surface area contributed by atoms with E-state index in [1.165, 1.54) is 25.3 Å². The van der Waals surface area contributed by atoms with Crippen molar-refractivity contribution in [2.75, 3.05) is 25.2 Å². The molecule has 0 aromatic heterocycles. The lowest BCUT2D eigenvalue weighted by atomic mass is 10.2. The Labute approximate surface area is 156 Å². The topological polar surface area (TPSA) is 107 Å². The van der Waals surface area contributed by atoms with E-state index in [1.54, 1.807) is 0 Å². The molecule has 11 heteroatoms. The lowest BCUT2D eigenvalue weighted by Crippen LogP contribution is -2.44. The zero-order valence-electron chi connectivity index (χ0n) is 13.2. The third-order valence-corrected chi connectivity index (χ3v) is 8.77. The molecule has 1 fully saturated rings. The van der Waals surface area contributed by atoms with Gasteiger partial charge in [-0.1, -0.05) is 23.2 Å². The summed E-state index contributed by atoms with van der Waals surface area (Å²) in [6.07, 6.45) is 0.00654. The van der Waals surface area contributed by atoms with Gasteiger partial charge in [0, 0.05) is 12.6 Å². The maximum atomic E-state index is 12.9. The molecule has 0 amide bonds. The summed E-state index contributed by atoms with van der Waals surface area (Å²) in [6.45, 7) is 0.111. The molecule has 1 aliphatic rings. The SMILES string of the molecule is COC(=O)CCN[C@H]1CS(=O)(=O)C[C@@H]1S(=O)(=O)c1ccc(Cl)c(Cl)c1. The Morgan fingerprint density at radius 2 is 1.96 bits per heavy atom. The minimum atomic E-state index is -3.96. The summed E-state index contributed by atoms with van der Waals surface area (Å²) >= 11 is 11.7. The Morgan fingerprint density at radius 3 is 2.56 bits per heavy atom. The van der Waals surface area contributed by atoms with Crippen molar-refractivity contribution in [2.45, 2.75) is 22.6 Å². The number of halogens is 2.